The molecule has 20 heavy (non-hydrogen) atoms. The van der Waals surface area contributed by atoms with Crippen LogP contribution in [0.15, 0.2) is 28.7 Å². The van der Waals surface area contributed by atoms with Crippen molar-refractivity contribution in [1.29, 1.82) is 0 Å². The number of halogens is 1. The molecule has 4 heteroatoms. The average Bonchev–Trinajstić information content (AvgIpc) is 3.13. The largest absolute Gasteiger partial charge is 0.394 e. The van der Waals surface area contributed by atoms with Crippen LogP contribution in [0.4, 0.5) is 0 Å². The maximum Gasteiger partial charge on any atom is 0.224 e. The maximum atomic E-state index is 12.3. The molecule has 108 valence electrons. The SMILES string of the molecule is O=C(NC1(CO)CCCC1)C1CC1c1ccc(Br)cc1. The van der Waals surface area contributed by atoms with E-state index in [9.17, 15) is 9.90 Å². The zero-order chi connectivity index (χ0) is 14.2. The van der Waals surface area contributed by atoms with Crippen molar-refractivity contribution in [1.82, 2.24) is 5.32 Å². The summed E-state index contributed by atoms with van der Waals surface area (Å²) in [7, 11) is 0. The molecule has 0 heterocycles. The van der Waals surface area contributed by atoms with E-state index >= 15 is 0 Å². The van der Waals surface area contributed by atoms with Crippen molar-refractivity contribution in [2.24, 2.45) is 5.92 Å². The number of aliphatic hydroxyl groups excluding tert-OH is 1. The monoisotopic (exact) mass is 337 g/mol. The molecule has 0 spiro atoms. The van der Waals surface area contributed by atoms with Crippen molar-refractivity contribution < 1.29 is 9.90 Å². The number of benzene rings is 1. The van der Waals surface area contributed by atoms with Crippen LogP contribution >= 0.6 is 15.9 Å². The summed E-state index contributed by atoms with van der Waals surface area (Å²) in [5.41, 5.74) is 0.891. The second-order valence-corrected chi connectivity index (χ2v) is 7.05. The molecule has 2 unspecified atom stereocenters. The van der Waals surface area contributed by atoms with Crippen LogP contribution in [0.5, 0.6) is 0 Å². The standard InChI is InChI=1S/C16H20BrNO2/c17-12-5-3-11(4-6-12)13-9-14(13)15(20)18-16(10-19)7-1-2-8-16/h3-6,13-14,19H,1-2,7-10H2,(H,18,20). The molecule has 3 rings (SSSR count). The molecule has 2 fully saturated rings. The summed E-state index contributed by atoms with van der Waals surface area (Å²) in [4.78, 5) is 12.3. The summed E-state index contributed by atoms with van der Waals surface area (Å²) in [5.74, 6) is 0.550. The number of aliphatic hydroxyl groups is 1. The van der Waals surface area contributed by atoms with Gasteiger partial charge in [-0.2, -0.15) is 0 Å². The van der Waals surface area contributed by atoms with E-state index in [1.807, 2.05) is 12.1 Å². The van der Waals surface area contributed by atoms with E-state index in [2.05, 4.69) is 33.4 Å². The lowest BCUT2D eigenvalue weighted by atomic mass is 9.98. The molecule has 1 amide bonds. The Labute approximate surface area is 127 Å². The molecule has 0 bridgehead atoms. The summed E-state index contributed by atoms with van der Waals surface area (Å²) in [5, 5.41) is 12.7. The predicted octanol–water partition coefficient (Wildman–Crippen LogP) is 2.97. The van der Waals surface area contributed by atoms with Gasteiger partial charge in [-0.3, -0.25) is 4.79 Å². The third-order valence-corrected chi connectivity index (χ3v) is 5.21. The van der Waals surface area contributed by atoms with Crippen LogP contribution in [0, 0.1) is 5.92 Å². The maximum absolute atomic E-state index is 12.3. The van der Waals surface area contributed by atoms with Crippen molar-refractivity contribution in [3.63, 3.8) is 0 Å². The molecular formula is C16H20BrNO2. The Bertz CT molecular complexity index is 494. The number of amides is 1. The Morgan fingerprint density at radius 1 is 1.30 bits per heavy atom. The molecule has 0 aromatic heterocycles. The molecule has 1 aromatic carbocycles. The van der Waals surface area contributed by atoms with Crippen molar-refractivity contribution in [3.05, 3.63) is 34.3 Å². The summed E-state index contributed by atoms with van der Waals surface area (Å²) < 4.78 is 1.06. The first kappa shape index (κ1) is 14.1. The van der Waals surface area contributed by atoms with E-state index in [0.717, 1.165) is 36.6 Å². The van der Waals surface area contributed by atoms with Gasteiger partial charge in [0.2, 0.25) is 5.91 Å². The van der Waals surface area contributed by atoms with Crippen LogP contribution < -0.4 is 5.32 Å². The number of hydrogen-bond acceptors (Lipinski definition) is 2. The first-order valence-corrected chi connectivity index (χ1v) is 8.11. The van der Waals surface area contributed by atoms with Crippen LogP contribution in [0.2, 0.25) is 0 Å². The normalized spacial score (nSPS) is 27.3. The first-order valence-electron chi connectivity index (χ1n) is 7.32. The van der Waals surface area contributed by atoms with Gasteiger partial charge >= 0.3 is 0 Å². The van der Waals surface area contributed by atoms with Crippen LogP contribution in [-0.4, -0.2) is 23.2 Å². The highest BCUT2D eigenvalue weighted by Crippen LogP contribution is 2.48. The fourth-order valence-electron chi connectivity index (χ4n) is 3.29. The number of hydrogen-bond donors (Lipinski definition) is 2. The van der Waals surface area contributed by atoms with Gasteiger partial charge in [0.15, 0.2) is 0 Å². The van der Waals surface area contributed by atoms with Crippen LogP contribution in [0.3, 0.4) is 0 Å². The van der Waals surface area contributed by atoms with E-state index in [1.54, 1.807) is 0 Å². The summed E-state index contributed by atoms with van der Waals surface area (Å²) in [6.45, 7) is 0.0639. The number of carbonyl (C=O) groups is 1. The molecule has 2 atom stereocenters. The van der Waals surface area contributed by atoms with Gasteiger partial charge in [0.1, 0.15) is 0 Å². The van der Waals surface area contributed by atoms with Crippen molar-refractivity contribution in [2.75, 3.05) is 6.61 Å². The van der Waals surface area contributed by atoms with Gasteiger partial charge in [-0.05, 0) is 42.9 Å². The fourth-order valence-corrected chi connectivity index (χ4v) is 3.56. The lowest BCUT2D eigenvalue weighted by Gasteiger charge is -2.28. The van der Waals surface area contributed by atoms with E-state index in [4.69, 9.17) is 0 Å². The van der Waals surface area contributed by atoms with Crippen LogP contribution in [-0.2, 0) is 4.79 Å². The molecule has 0 saturated heterocycles. The molecule has 3 nitrogen and oxygen atoms in total. The van der Waals surface area contributed by atoms with Gasteiger partial charge in [-0.15, -0.1) is 0 Å². The highest BCUT2D eigenvalue weighted by molar-refractivity contribution is 9.10. The Kier molecular flexibility index (Phi) is 3.87. The van der Waals surface area contributed by atoms with E-state index in [0.29, 0.717) is 5.92 Å². The number of nitrogens with one attached hydrogen (secondary N) is 1. The molecular weight excluding hydrogens is 318 g/mol. The van der Waals surface area contributed by atoms with Gasteiger partial charge in [0.25, 0.3) is 0 Å². The minimum Gasteiger partial charge on any atom is -0.394 e. The Hall–Kier alpha value is -0.870. The molecule has 2 aliphatic rings. The van der Waals surface area contributed by atoms with E-state index < -0.39 is 0 Å². The first-order chi connectivity index (χ1) is 9.63. The van der Waals surface area contributed by atoms with Crippen LogP contribution in [0.25, 0.3) is 0 Å². The molecule has 0 aliphatic heterocycles. The highest BCUT2D eigenvalue weighted by Gasteiger charge is 2.46. The second kappa shape index (κ2) is 5.49. The van der Waals surface area contributed by atoms with Crippen molar-refractivity contribution in [2.45, 2.75) is 43.6 Å². The zero-order valence-electron chi connectivity index (χ0n) is 11.4. The smallest absolute Gasteiger partial charge is 0.224 e. The highest BCUT2D eigenvalue weighted by atomic mass is 79.9. The topological polar surface area (TPSA) is 49.3 Å². The summed E-state index contributed by atoms with van der Waals surface area (Å²) in [6, 6.07) is 8.21. The third kappa shape index (κ3) is 2.77. The minimum atomic E-state index is -0.343. The van der Waals surface area contributed by atoms with Gasteiger partial charge in [0.05, 0.1) is 12.1 Å². The van der Waals surface area contributed by atoms with E-state index in [-0.39, 0.29) is 24.0 Å². The number of carbonyl (C=O) groups excluding carboxylic acids is 1. The van der Waals surface area contributed by atoms with Crippen LogP contribution in [0.1, 0.15) is 43.6 Å². The average molecular weight is 338 g/mol. The Morgan fingerprint density at radius 2 is 1.95 bits per heavy atom. The summed E-state index contributed by atoms with van der Waals surface area (Å²) in [6.07, 6.45) is 4.94. The van der Waals surface area contributed by atoms with Gasteiger partial charge in [-0.25, -0.2) is 0 Å². The zero-order valence-corrected chi connectivity index (χ0v) is 13.0. The molecule has 1 aromatic rings. The quantitative estimate of drug-likeness (QED) is 0.887. The molecule has 2 N–H and O–H groups in total. The van der Waals surface area contributed by atoms with Crippen molar-refractivity contribution >= 4 is 21.8 Å². The molecule has 2 aliphatic carbocycles. The molecule has 2 saturated carbocycles. The van der Waals surface area contributed by atoms with Gasteiger partial charge in [0, 0.05) is 10.4 Å². The Balaban J connectivity index is 1.61. The van der Waals surface area contributed by atoms with Gasteiger partial charge in [-0.1, -0.05) is 40.9 Å². The number of rotatable bonds is 4. The second-order valence-electron chi connectivity index (χ2n) is 6.14. The lowest BCUT2D eigenvalue weighted by molar-refractivity contribution is -0.124. The van der Waals surface area contributed by atoms with Crippen molar-refractivity contribution in [3.8, 4) is 0 Å². The van der Waals surface area contributed by atoms with E-state index in [1.165, 1.54) is 5.56 Å². The summed E-state index contributed by atoms with van der Waals surface area (Å²) >= 11 is 3.43. The predicted molar refractivity (Wildman–Crippen MR) is 81.4 cm³/mol. The fraction of sp³-hybridized carbons (Fsp3) is 0.562. The minimum absolute atomic E-state index is 0.0639. The third-order valence-electron chi connectivity index (χ3n) is 4.68. The Morgan fingerprint density at radius 3 is 2.55 bits per heavy atom. The van der Waals surface area contributed by atoms with Gasteiger partial charge < -0.3 is 10.4 Å². The lowest BCUT2D eigenvalue weighted by Crippen LogP contribution is -2.49. The molecule has 0 radical (unpaired) electrons.